The molecule has 0 amide bonds. The SMILES string of the molecule is O=c1[nH]c2cc(Cl)c(F)c([N+](=O)[O-])c2c(=O)cc1O. The molecule has 1 aromatic carbocycles. The number of aromatic nitrogens is 1. The van der Waals surface area contributed by atoms with E-state index in [1.807, 2.05) is 4.98 Å². The molecule has 0 aliphatic rings. The maximum Gasteiger partial charge on any atom is 0.319 e. The minimum absolute atomic E-state index is 0.339. The first-order valence-corrected chi connectivity index (χ1v) is 5.13. The van der Waals surface area contributed by atoms with Crippen LogP contribution in [0.25, 0.3) is 10.9 Å². The number of fused-ring (bicyclic) bond motifs is 1. The van der Waals surface area contributed by atoms with Crippen LogP contribution in [0.3, 0.4) is 0 Å². The molecule has 9 heteroatoms. The summed E-state index contributed by atoms with van der Waals surface area (Å²) in [6.07, 6.45) is 0. The molecule has 0 unspecified atom stereocenters. The van der Waals surface area contributed by atoms with Crippen molar-refractivity contribution in [2.75, 3.05) is 0 Å². The summed E-state index contributed by atoms with van der Waals surface area (Å²) in [6.45, 7) is 0. The lowest BCUT2D eigenvalue weighted by atomic mass is 10.2. The van der Waals surface area contributed by atoms with E-state index in [9.17, 15) is 29.2 Å². The Hall–Kier alpha value is -2.48. The predicted octanol–water partition coefficient (Wildman–Crippen LogP) is 1.29. The van der Waals surface area contributed by atoms with Crippen molar-refractivity contribution in [3.05, 3.63) is 53.7 Å². The fourth-order valence-corrected chi connectivity index (χ4v) is 1.78. The first kappa shape index (κ1) is 13.0. The second-order valence-electron chi connectivity index (χ2n) is 3.55. The van der Waals surface area contributed by atoms with E-state index in [1.165, 1.54) is 0 Å². The number of rotatable bonds is 1. The van der Waals surface area contributed by atoms with Crippen LogP contribution in [0, 0.1) is 15.9 Å². The van der Waals surface area contributed by atoms with Gasteiger partial charge in [0.2, 0.25) is 5.82 Å². The lowest BCUT2D eigenvalue weighted by Crippen LogP contribution is -2.03. The molecule has 0 bridgehead atoms. The van der Waals surface area contributed by atoms with Crippen LogP contribution in [-0.2, 0) is 0 Å². The number of nitrogens with zero attached hydrogens (tertiary/aromatic N) is 1. The number of benzene rings is 1. The van der Waals surface area contributed by atoms with Crippen molar-refractivity contribution in [2.24, 2.45) is 0 Å². The van der Waals surface area contributed by atoms with E-state index in [4.69, 9.17) is 11.6 Å². The first-order chi connectivity index (χ1) is 8.82. The fraction of sp³-hybridized carbons (Fsp3) is 0. The third-order valence-corrected chi connectivity index (χ3v) is 2.65. The Morgan fingerprint density at radius 1 is 1.37 bits per heavy atom. The van der Waals surface area contributed by atoms with Gasteiger partial charge in [-0.1, -0.05) is 11.6 Å². The van der Waals surface area contributed by atoms with Crippen molar-refractivity contribution in [2.45, 2.75) is 0 Å². The van der Waals surface area contributed by atoms with Crippen LogP contribution >= 0.6 is 11.6 Å². The Balaban J connectivity index is 3.23. The van der Waals surface area contributed by atoms with Gasteiger partial charge >= 0.3 is 5.69 Å². The molecule has 0 aliphatic heterocycles. The average molecular weight is 287 g/mol. The molecule has 2 aromatic rings. The van der Waals surface area contributed by atoms with Crippen LogP contribution in [0.15, 0.2) is 21.7 Å². The standard InChI is InChI=1S/C10H4ClFN2O5/c11-3-1-4-7(9(8(3)12)14(18)19)5(15)2-6(16)10(17)13-4/h1-2,16H,(H,13,17). The number of hydrogen-bond acceptors (Lipinski definition) is 5. The number of nitrogens with one attached hydrogen (secondary N) is 1. The highest BCUT2D eigenvalue weighted by Gasteiger charge is 2.24. The van der Waals surface area contributed by atoms with E-state index < -0.39 is 43.6 Å². The minimum Gasteiger partial charge on any atom is -0.503 e. The molecule has 0 spiro atoms. The lowest BCUT2D eigenvalue weighted by molar-refractivity contribution is -0.385. The third-order valence-electron chi connectivity index (χ3n) is 2.37. The van der Waals surface area contributed by atoms with Crippen LogP contribution in [0.2, 0.25) is 5.02 Å². The molecule has 1 aromatic heterocycles. The zero-order valence-corrected chi connectivity index (χ0v) is 9.69. The van der Waals surface area contributed by atoms with Gasteiger partial charge in [0.25, 0.3) is 5.56 Å². The molecule has 2 N–H and O–H groups in total. The summed E-state index contributed by atoms with van der Waals surface area (Å²) >= 11 is 5.46. The summed E-state index contributed by atoms with van der Waals surface area (Å²) in [4.78, 5) is 34.8. The Labute approximate surface area is 108 Å². The van der Waals surface area contributed by atoms with Crippen molar-refractivity contribution in [1.82, 2.24) is 4.98 Å². The van der Waals surface area contributed by atoms with Crippen LogP contribution in [0.5, 0.6) is 5.75 Å². The summed E-state index contributed by atoms with van der Waals surface area (Å²) in [6, 6.07) is 1.34. The van der Waals surface area contributed by atoms with Gasteiger partial charge in [-0.25, -0.2) is 0 Å². The van der Waals surface area contributed by atoms with Gasteiger partial charge in [-0.15, -0.1) is 0 Å². The molecule has 98 valence electrons. The summed E-state index contributed by atoms with van der Waals surface area (Å²) < 4.78 is 13.6. The Morgan fingerprint density at radius 2 is 2.00 bits per heavy atom. The van der Waals surface area contributed by atoms with Gasteiger partial charge in [0, 0.05) is 6.07 Å². The van der Waals surface area contributed by atoms with Crippen LogP contribution in [0.4, 0.5) is 10.1 Å². The van der Waals surface area contributed by atoms with E-state index >= 15 is 0 Å². The van der Waals surface area contributed by atoms with E-state index in [-0.39, 0.29) is 5.52 Å². The molecule has 2 rings (SSSR count). The first-order valence-electron chi connectivity index (χ1n) is 4.75. The van der Waals surface area contributed by atoms with E-state index in [2.05, 4.69) is 0 Å². The van der Waals surface area contributed by atoms with Crippen molar-refractivity contribution < 1.29 is 14.4 Å². The number of H-pyrrole nitrogens is 1. The second kappa shape index (κ2) is 4.32. The Kier molecular flexibility index (Phi) is 2.95. The van der Waals surface area contributed by atoms with Crippen LogP contribution < -0.4 is 11.0 Å². The van der Waals surface area contributed by atoms with Gasteiger partial charge < -0.3 is 10.1 Å². The summed E-state index contributed by atoms with van der Waals surface area (Å²) in [5.41, 5.74) is -3.62. The summed E-state index contributed by atoms with van der Waals surface area (Å²) in [5.74, 6) is -2.32. The molecule has 0 radical (unpaired) electrons. The van der Waals surface area contributed by atoms with Gasteiger partial charge in [0.15, 0.2) is 11.2 Å². The fourth-order valence-electron chi connectivity index (χ4n) is 1.58. The Morgan fingerprint density at radius 3 is 2.58 bits per heavy atom. The van der Waals surface area contributed by atoms with Crippen LogP contribution in [0.1, 0.15) is 0 Å². The molecule has 0 fully saturated rings. The molecular formula is C10H4ClFN2O5. The normalized spacial score (nSPS) is 10.6. The molecule has 0 saturated carbocycles. The lowest BCUT2D eigenvalue weighted by Gasteiger charge is -1.99. The molecule has 0 atom stereocenters. The zero-order chi connectivity index (χ0) is 14.3. The molecule has 7 nitrogen and oxygen atoms in total. The third kappa shape index (κ3) is 2.02. The maximum atomic E-state index is 13.6. The number of aromatic amines is 1. The quantitative estimate of drug-likeness (QED) is 0.606. The minimum atomic E-state index is -1.39. The van der Waals surface area contributed by atoms with Gasteiger partial charge in [0.05, 0.1) is 15.5 Å². The molecule has 1 heterocycles. The number of nitro benzene ring substituents is 1. The highest BCUT2D eigenvalue weighted by Crippen LogP contribution is 2.30. The second-order valence-corrected chi connectivity index (χ2v) is 3.96. The topological polar surface area (TPSA) is 113 Å². The maximum absolute atomic E-state index is 13.6. The zero-order valence-electron chi connectivity index (χ0n) is 8.94. The van der Waals surface area contributed by atoms with E-state index in [0.29, 0.717) is 6.07 Å². The molecule has 0 aliphatic carbocycles. The molecule has 19 heavy (non-hydrogen) atoms. The largest absolute Gasteiger partial charge is 0.503 e. The number of nitro groups is 1. The number of halogens is 2. The van der Waals surface area contributed by atoms with Gasteiger partial charge in [-0.3, -0.25) is 19.7 Å². The van der Waals surface area contributed by atoms with E-state index in [0.717, 1.165) is 6.07 Å². The summed E-state index contributed by atoms with van der Waals surface area (Å²) in [5, 5.41) is 18.7. The van der Waals surface area contributed by atoms with Gasteiger partial charge in [-0.2, -0.15) is 4.39 Å². The predicted molar refractivity (Wildman–Crippen MR) is 64.1 cm³/mol. The van der Waals surface area contributed by atoms with Crippen molar-refractivity contribution in [3.63, 3.8) is 0 Å². The average Bonchev–Trinajstić information content (AvgIpc) is 2.40. The van der Waals surface area contributed by atoms with Crippen LogP contribution in [-0.4, -0.2) is 15.0 Å². The van der Waals surface area contributed by atoms with Gasteiger partial charge in [-0.05, 0) is 6.07 Å². The molecule has 0 saturated heterocycles. The van der Waals surface area contributed by atoms with Crippen molar-refractivity contribution in [1.29, 1.82) is 0 Å². The monoisotopic (exact) mass is 286 g/mol. The number of aromatic hydroxyl groups is 1. The van der Waals surface area contributed by atoms with Crippen molar-refractivity contribution in [3.8, 4) is 5.75 Å². The highest BCUT2D eigenvalue weighted by atomic mass is 35.5. The smallest absolute Gasteiger partial charge is 0.319 e. The van der Waals surface area contributed by atoms with Gasteiger partial charge in [0.1, 0.15) is 5.39 Å². The number of hydrogen-bond donors (Lipinski definition) is 2. The highest BCUT2D eigenvalue weighted by molar-refractivity contribution is 6.31. The Bertz CT molecular complexity index is 833. The van der Waals surface area contributed by atoms with Crippen molar-refractivity contribution >= 4 is 28.2 Å². The summed E-state index contributed by atoms with van der Waals surface area (Å²) in [7, 11) is 0. The molecular weight excluding hydrogens is 283 g/mol. The van der Waals surface area contributed by atoms with E-state index in [1.54, 1.807) is 0 Å².